The second kappa shape index (κ2) is 6.16. The van der Waals surface area contributed by atoms with Gasteiger partial charge < -0.3 is 10.6 Å². The zero-order valence-electron chi connectivity index (χ0n) is 11.0. The fraction of sp³-hybridized carbons (Fsp3) is 0.571. The quantitative estimate of drug-likeness (QED) is 0.884. The molecule has 18 heavy (non-hydrogen) atoms. The van der Waals surface area contributed by atoms with E-state index in [9.17, 15) is 4.39 Å². The van der Waals surface area contributed by atoms with Crippen LogP contribution in [0.25, 0.3) is 0 Å². The molecule has 0 saturated carbocycles. The highest BCUT2D eigenvalue weighted by atomic mass is 19.1. The molecule has 1 saturated heterocycles. The number of benzene rings is 1. The van der Waals surface area contributed by atoms with E-state index in [-0.39, 0.29) is 11.9 Å². The molecule has 1 unspecified atom stereocenters. The lowest BCUT2D eigenvalue weighted by Gasteiger charge is -2.37. The Morgan fingerprint density at radius 3 is 2.33 bits per heavy atom. The Labute approximate surface area is 108 Å². The van der Waals surface area contributed by atoms with E-state index < -0.39 is 0 Å². The summed E-state index contributed by atoms with van der Waals surface area (Å²) < 4.78 is 12.9. The van der Waals surface area contributed by atoms with E-state index in [2.05, 4.69) is 16.7 Å². The van der Waals surface area contributed by atoms with Crippen molar-refractivity contribution in [3.05, 3.63) is 30.1 Å². The van der Waals surface area contributed by atoms with Crippen LogP contribution in [-0.4, -0.2) is 43.7 Å². The Morgan fingerprint density at radius 2 is 1.78 bits per heavy atom. The van der Waals surface area contributed by atoms with Crippen LogP contribution in [0.2, 0.25) is 0 Å². The van der Waals surface area contributed by atoms with Crippen LogP contribution in [0.5, 0.6) is 0 Å². The molecule has 0 aliphatic carbocycles. The van der Waals surface area contributed by atoms with Gasteiger partial charge in [0, 0.05) is 44.5 Å². The summed E-state index contributed by atoms with van der Waals surface area (Å²) in [6.07, 6.45) is 1.03. The second-order valence-electron chi connectivity index (χ2n) is 4.93. The number of halogens is 1. The van der Waals surface area contributed by atoms with Gasteiger partial charge in [-0.25, -0.2) is 4.39 Å². The highest BCUT2D eigenvalue weighted by molar-refractivity contribution is 5.46. The first kappa shape index (κ1) is 13.3. The van der Waals surface area contributed by atoms with Gasteiger partial charge in [0.2, 0.25) is 0 Å². The number of rotatable bonds is 4. The molecular formula is C14H22FN3. The second-order valence-corrected chi connectivity index (χ2v) is 4.93. The summed E-state index contributed by atoms with van der Waals surface area (Å²) in [4.78, 5) is 4.71. The first-order valence-electron chi connectivity index (χ1n) is 6.67. The van der Waals surface area contributed by atoms with Crippen molar-refractivity contribution in [3.63, 3.8) is 0 Å². The third kappa shape index (κ3) is 3.43. The maximum absolute atomic E-state index is 12.9. The molecule has 1 atom stereocenters. The van der Waals surface area contributed by atoms with Gasteiger partial charge in [-0.1, -0.05) is 6.92 Å². The zero-order chi connectivity index (χ0) is 13.0. The topological polar surface area (TPSA) is 32.5 Å². The van der Waals surface area contributed by atoms with Crippen LogP contribution >= 0.6 is 0 Å². The number of anilines is 1. The molecule has 0 amide bonds. The monoisotopic (exact) mass is 251 g/mol. The highest BCUT2D eigenvalue weighted by Crippen LogP contribution is 2.16. The van der Waals surface area contributed by atoms with Gasteiger partial charge in [-0.15, -0.1) is 0 Å². The Bertz CT molecular complexity index is 358. The third-order valence-corrected chi connectivity index (χ3v) is 3.58. The largest absolute Gasteiger partial charge is 0.369 e. The van der Waals surface area contributed by atoms with Crippen molar-refractivity contribution >= 4 is 5.69 Å². The molecule has 2 rings (SSSR count). The van der Waals surface area contributed by atoms with Gasteiger partial charge in [0.1, 0.15) is 5.82 Å². The van der Waals surface area contributed by atoms with E-state index in [0.29, 0.717) is 0 Å². The number of hydrogen-bond donors (Lipinski definition) is 1. The molecule has 3 nitrogen and oxygen atoms in total. The number of hydrogen-bond acceptors (Lipinski definition) is 3. The zero-order valence-corrected chi connectivity index (χ0v) is 11.0. The SMILES string of the molecule is CCC(N)CN1CCN(c2ccc(F)cc2)CC1. The summed E-state index contributed by atoms with van der Waals surface area (Å²) in [6, 6.07) is 7.02. The molecule has 1 fully saturated rings. The van der Waals surface area contributed by atoms with E-state index in [0.717, 1.165) is 44.8 Å². The van der Waals surface area contributed by atoms with Gasteiger partial charge in [-0.05, 0) is 30.7 Å². The average Bonchev–Trinajstić information content (AvgIpc) is 2.40. The maximum Gasteiger partial charge on any atom is 0.123 e. The van der Waals surface area contributed by atoms with E-state index in [1.165, 1.54) is 12.1 Å². The van der Waals surface area contributed by atoms with Gasteiger partial charge in [-0.3, -0.25) is 4.90 Å². The number of nitrogens with zero attached hydrogens (tertiary/aromatic N) is 2. The molecule has 1 heterocycles. The summed E-state index contributed by atoms with van der Waals surface area (Å²) in [7, 11) is 0. The fourth-order valence-corrected chi connectivity index (χ4v) is 2.30. The van der Waals surface area contributed by atoms with E-state index >= 15 is 0 Å². The lowest BCUT2D eigenvalue weighted by molar-refractivity contribution is 0.241. The Kier molecular flexibility index (Phi) is 4.55. The summed E-state index contributed by atoms with van der Waals surface area (Å²) in [5.41, 5.74) is 7.08. The molecule has 0 bridgehead atoms. The van der Waals surface area contributed by atoms with Gasteiger partial charge in [0.15, 0.2) is 0 Å². The fourth-order valence-electron chi connectivity index (χ4n) is 2.30. The summed E-state index contributed by atoms with van der Waals surface area (Å²) >= 11 is 0. The van der Waals surface area contributed by atoms with Crippen LogP contribution in [0.3, 0.4) is 0 Å². The molecule has 0 aromatic heterocycles. The minimum absolute atomic E-state index is 0.175. The molecule has 2 N–H and O–H groups in total. The summed E-state index contributed by atoms with van der Waals surface area (Å²) in [6.45, 7) is 7.15. The lowest BCUT2D eigenvalue weighted by Crippen LogP contribution is -2.49. The lowest BCUT2D eigenvalue weighted by atomic mass is 10.2. The van der Waals surface area contributed by atoms with Crippen molar-refractivity contribution in [2.75, 3.05) is 37.6 Å². The van der Waals surface area contributed by atoms with E-state index in [1.54, 1.807) is 0 Å². The van der Waals surface area contributed by atoms with Crippen molar-refractivity contribution in [1.29, 1.82) is 0 Å². The molecule has 1 aromatic carbocycles. The van der Waals surface area contributed by atoms with E-state index in [1.807, 2.05) is 12.1 Å². The molecule has 0 radical (unpaired) electrons. The molecule has 1 aliphatic heterocycles. The minimum Gasteiger partial charge on any atom is -0.369 e. The van der Waals surface area contributed by atoms with Crippen LogP contribution in [-0.2, 0) is 0 Å². The van der Waals surface area contributed by atoms with Crippen LogP contribution in [0.4, 0.5) is 10.1 Å². The minimum atomic E-state index is -0.175. The maximum atomic E-state index is 12.9. The van der Waals surface area contributed by atoms with Crippen LogP contribution < -0.4 is 10.6 Å². The summed E-state index contributed by atoms with van der Waals surface area (Å²) in [5.74, 6) is -0.175. The van der Waals surface area contributed by atoms with Gasteiger partial charge in [-0.2, -0.15) is 0 Å². The van der Waals surface area contributed by atoms with Crippen molar-refractivity contribution in [2.24, 2.45) is 5.73 Å². The molecule has 1 aromatic rings. The number of nitrogens with two attached hydrogens (primary N) is 1. The Hall–Kier alpha value is -1.13. The predicted octanol–water partition coefficient (Wildman–Crippen LogP) is 1.68. The highest BCUT2D eigenvalue weighted by Gasteiger charge is 2.18. The van der Waals surface area contributed by atoms with Crippen molar-refractivity contribution in [2.45, 2.75) is 19.4 Å². The molecule has 4 heteroatoms. The summed E-state index contributed by atoms with van der Waals surface area (Å²) in [5, 5.41) is 0. The smallest absolute Gasteiger partial charge is 0.123 e. The first-order valence-corrected chi connectivity index (χ1v) is 6.67. The van der Waals surface area contributed by atoms with Crippen LogP contribution in [0.15, 0.2) is 24.3 Å². The molecule has 0 spiro atoms. The predicted molar refractivity (Wildman–Crippen MR) is 73.3 cm³/mol. The molecule has 100 valence electrons. The van der Waals surface area contributed by atoms with Crippen LogP contribution in [0.1, 0.15) is 13.3 Å². The van der Waals surface area contributed by atoms with Crippen molar-refractivity contribution in [3.8, 4) is 0 Å². The Morgan fingerprint density at radius 1 is 1.17 bits per heavy atom. The van der Waals surface area contributed by atoms with Gasteiger partial charge in [0.05, 0.1) is 0 Å². The first-order chi connectivity index (χ1) is 8.69. The van der Waals surface area contributed by atoms with E-state index in [4.69, 9.17) is 5.73 Å². The van der Waals surface area contributed by atoms with Crippen molar-refractivity contribution < 1.29 is 4.39 Å². The van der Waals surface area contributed by atoms with Gasteiger partial charge >= 0.3 is 0 Å². The third-order valence-electron chi connectivity index (χ3n) is 3.58. The number of piperazine rings is 1. The normalized spacial score (nSPS) is 18.9. The average molecular weight is 251 g/mol. The van der Waals surface area contributed by atoms with Crippen LogP contribution in [0, 0.1) is 5.82 Å². The molecule has 1 aliphatic rings. The standard InChI is InChI=1S/C14H22FN3/c1-2-13(16)11-17-7-9-18(10-8-17)14-5-3-12(15)4-6-14/h3-6,13H,2,7-11,16H2,1H3. The van der Waals surface area contributed by atoms with Gasteiger partial charge in [0.25, 0.3) is 0 Å². The van der Waals surface area contributed by atoms with Crippen molar-refractivity contribution in [1.82, 2.24) is 4.90 Å². The Balaban J connectivity index is 1.84. The molecular weight excluding hydrogens is 229 g/mol.